The fourth-order valence-electron chi connectivity index (χ4n) is 0.922. The molecule has 0 rings (SSSR count). The first-order valence-electron chi connectivity index (χ1n) is 10.9. The smallest absolute Gasteiger partial charge is 0.227 e. The minimum Gasteiger partial charge on any atom is -0.303 e. The standard InChI is InChI=1S/CH2N54/c2-1-4-6-8-10-12-14-16-18-20-22-24-26-28-30-32-34-36-38-40-42-44-46-48-50-52-54-55-53-51-49-47-45-43-41-39-37-35-33-31-29-27-25-23-21-19-17-15-13-11-9-7-5-3/h(H2,3,4,7,8,11,12,15,16,19,20,23,24,27,28,31,32,35,36,39,40,43,44,47,48,51,52,55). The van der Waals surface area contributed by atoms with Gasteiger partial charge in [0, 0.05) is 183 Å². The molecule has 0 saturated heterocycles. The highest BCUT2D eigenvalue weighted by molar-refractivity contribution is 4.56. The second-order valence-electron chi connectivity index (χ2n) is 4.79. The van der Waals surface area contributed by atoms with E-state index in [0.717, 1.165) is 0 Å². The highest BCUT2D eigenvalue weighted by Gasteiger charge is 1.75. The molecule has 0 saturated carbocycles. The molecule has 0 aliphatic rings. The number of nitrogens with two attached hydrogens (primary N) is 1. The molecule has 0 aliphatic heterocycles. The summed E-state index contributed by atoms with van der Waals surface area (Å²) >= 11 is 0. The van der Waals surface area contributed by atoms with E-state index < -0.39 is 0 Å². The minimum atomic E-state index is 1.31. The largest absolute Gasteiger partial charge is 0.303 e. The van der Waals surface area contributed by atoms with Crippen LogP contribution in [0.2, 0.25) is 0 Å². The third-order valence-corrected chi connectivity index (χ3v) is 2.10. The zero-order chi connectivity index (χ0) is 39.5. The van der Waals surface area contributed by atoms with Crippen LogP contribution in [0, 0.1) is 11.5 Å². The molecule has 0 aliphatic carbocycles. The molecular formula is CH2N54. The van der Waals surface area contributed by atoms with Crippen molar-refractivity contribution in [2.45, 2.75) is 0 Å². The van der Waals surface area contributed by atoms with Gasteiger partial charge in [-0.1, -0.05) is 5.22 Å². The Morgan fingerprint density at radius 1 is 0.182 bits per heavy atom. The number of hydrogen-bond donors (Lipinski definition) is 1. The van der Waals surface area contributed by atoms with Crippen LogP contribution in [-0.4, -0.2) is 0 Å². The summed E-state index contributed by atoms with van der Waals surface area (Å²) in [6.07, 6.45) is 1.31. The quantitative estimate of drug-likeness (QED) is 0.0411. The third kappa shape index (κ3) is 42.9. The second-order valence-corrected chi connectivity index (χ2v) is 4.79. The fraction of sp³-hybridized carbons (Fsp3) is 0. The van der Waals surface area contributed by atoms with Crippen molar-refractivity contribution in [1.82, 2.24) is 0 Å². The van der Waals surface area contributed by atoms with E-state index in [0.29, 0.717) is 0 Å². The molecule has 0 aromatic rings. The maximum absolute atomic E-state index is 8.01. The number of rotatable bonds is 25. The van der Waals surface area contributed by atoms with Crippen LogP contribution in [0.1, 0.15) is 0 Å². The van der Waals surface area contributed by atoms with E-state index >= 15 is 0 Å². The Bertz CT molecular complexity index is 1820. The molecule has 0 radical (unpaired) electrons. The average Bonchev–Trinajstić information content (AvgIpc) is 3.20. The van der Waals surface area contributed by atoms with Crippen LogP contribution < -0.4 is 5.84 Å². The Balaban J connectivity index is 4.07. The van der Waals surface area contributed by atoms with Gasteiger partial charge in [-0.05, 0) is 83.5 Å². The Morgan fingerprint density at radius 3 is 0.400 bits per heavy atom. The topological polar surface area (TPSA) is 693 Å². The third-order valence-electron chi connectivity index (χ3n) is 2.10. The van der Waals surface area contributed by atoms with Gasteiger partial charge in [-0.2, -0.15) is 5.26 Å². The number of nitrogens with zero attached hydrogens (tertiary/aromatic N) is 53. The second kappa shape index (κ2) is 42.9. The van der Waals surface area contributed by atoms with Crippen LogP contribution in [0.25, 0.3) is 0 Å². The molecule has 0 spiro atoms. The van der Waals surface area contributed by atoms with Crippen molar-refractivity contribution in [3.63, 3.8) is 0 Å². The van der Waals surface area contributed by atoms with Crippen LogP contribution in [0.4, 0.5) is 0 Å². The number of nitriles is 1. The lowest BCUT2D eigenvalue weighted by molar-refractivity contribution is 0.725. The van der Waals surface area contributed by atoms with Crippen molar-refractivity contribution in [3.05, 3.63) is 0 Å². The van der Waals surface area contributed by atoms with E-state index in [1.54, 1.807) is 0 Å². The van der Waals surface area contributed by atoms with Crippen molar-refractivity contribution >= 4 is 0 Å². The minimum absolute atomic E-state index is 1.31. The first kappa shape index (κ1) is 43.9. The summed E-state index contributed by atoms with van der Waals surface area (Å²) in [6, 6.07) is 0. The van der Waals surface area contributed by atoms with Gasteiger partial charge in [0.15, 0.2) is 0 Å². The van der Waals surface area contributed by atoms with E-state index in [2.05, 4.69) is 277 Å². The van der Waals surface area contributed by atoms with Crippen molar-refractivity contribution in [2.24, 2.45) is 277 Å². The summed E-state index contributed by atoms with van der Waals surface area (Å²) in [5.41, 5.74) is 0. The van der Waals surface area contributed by atoms with Gasteiger partial charge in [0.1, 0.15) is 0 Å². The normalized spacial score (nSPS) is 15.3. The van der Waals surface area contributed by atoms with Gasteiger partial charge < -0.3 is 5.84 Å². The van der Waals surface area contributed by atoms with Crippen LogP contribution in [0.15, 0.2) is 272 Å². The van der Waals surface area contributed by atoms with Gasteiger partial charge in [-0.15, -0.1) is 0 Å². The van der Waals surface area contributed by atoms with Crippen LogP contribution >= 0.6 is 0 Å². The summed E-state index contributed by atoms with van der Waals surface area (Å²) in [6.45, 7) is 0. The summed E-state index contributed by atoms with van der Waals surface area (Å²) in [5, 5.41) is 163. The number of hydrogen-bond acceptors (Lipinski definition) is 3. The molecule has 55 heavy (non-hydrogen) atoms. The van der Waals surface area contributed by atoms with Crippen molar-refractivity contribution in [1.29, 1.82) is 5.26 Å². The van der Waals surface area contributed by atoms with Gasteiger partial charge in [0.25, 0.3) is 0 Å². The zero-order valence-electron chi connectivity index (χ0n) is 24.8. The first-order chi connectivity index (χ1) is 27.4. The SMILES string of the molecule is N#CN=N/N=N/N=N/N=N/N=N/N=N/N=N/N=N/N=N/N=N/N=N/N=N/N=N/N=N/N=N/N=N/N=N/N=N/N=N/N=N/N=N/N=N/N=N/N=N/N=N/N=N/N. The maximum Gasteiger partial charge on any atom is 0.227 e. The van der Waals surface area contributed by atoms with Gasteiger partial charge in [0.2, 0.25) is 6.19 Å². The van der Waals surface area contributed by atoms with E-state index in [4.69, 9.17) is 5.26 Å². The van der Waals surface area contributed by atoms with Crippen LogP contribution in [0.5, 0.6) is 0 Å². The van der Waals surface area contributed by atoms with Crippen LogP contribution in [0.3, 0.4) is 0 Å². The van der Waals surface area contributed by atoms with Gasteiger partial charge in [-0.25, -0.2) is 0 Å². The molecule has 0 aromatic heterocycles. The first-order valence-corrected chi connectivity index (χ1v) is 10.9. The van der Waals surface area contributed by atoms with Gasteiger partial charge in [0.05, 0.1) is 0 Å². The molecule has 0 aromatic carbocycles. The van der Waals surface area contributed by atoms with Gasteiger partial charge in [-0.3, -0.25) is 0 Å². The lowest BCUT2D eigenvalue weighted by Crippen LogP contribution is -1.70. The predicted molar refractivity (Wildman–Crippen MR) is 136 cm³/mol. The summed E-state index contributed by atoms with van der Waals surface area (Å²) < 4.78 is 0. The Morgan fingerprint density at radius 2 is 0.291 bits per heavy atom. The molecule has 0 amide bonds. The van der Waals surface area contributed by atoms with Gasteiger partial charge >= 0.3 is 0 Å². The van der Waals surface area contributed by atoms with Crippen molar-refractivity contribution < 1.29 is 0 Å². The summed E-state index contributed by atoms with van der Waals surface area (Å²) in [4.78, 5) is 0. The Kier molecular flexibility index (Phi) is 34.2. The highest BCUT2D eigenvalue weighted by atomic mass is 15.8. The van der Waals surface area contributed by atoms with Crippen molar-refractivity contribution in [2.75, 3.05) is 0 Å². The predicted octanol–water partition coefficient (Wildman–Crippen LogP) is 8.97. The van der Waals surface area contributed by atoms with E-state index in [1.165, 1.54) is 6.19 Å². The lowest BCUT2D eigenvalue weighted by atomic mass is 11.5. The van der Waals surface area contributed by atoms with Crippen LogP contribution in [-0.2, 0) is 0 Å². The lowest BCUT2D eigenvalue weighted by Gasteiger charge is -1.70. The highest BCUT2D eigenvalue weighted by Crippen LogP contribution is 1.93. The Hall–Kier alpha value is -11.1. The average molecular weight is 770 g/mol. The monoisotopic (exact) mass is 770 g/mol. The molecular weight excluding hydrogens is 768 g/mol. The van der Waals surface area contributed by atoms with Crippen molar-refractivity contribution in [3.8, 4) is 6.19 Å². The Labute approximate surface area is 289 Å². The van der Waals surface area contributed by atoms with E-state index in [-0.39, 0.29) is 0 Å². The zero-order valence-corrected chi connectivity index (χ0v) is 24.8. The maximum atomic E-state index is 8.01. The van der Waals surface area contributed by atoms with E-state index in [9.17, 15) is 0 Å². The fourth-order valence-corrected chi connectivity index (χ4v) is 0.922. The molecule has 0 unspecified atom stereocenters. The molecule has 0 heterocycles. The molecule has 54 heteroatoms. The molecule has 54 nitrogen and oxygen atoms in total. The summed E-state index contributed by atoms with van der Waals surface area (Å²) in [7, 11) is 0. The van der Waals surface area contributed by atoms with E-state index in [1.807, 2.05) is 0 Å². The molecule has 0 atom stereocenters. The molecule has 0 fully saturated rings. The molecule has 2 N–H and O–H groups in total. The molecule has 0 bridgehead atoms. The molecule has 276 valence electrons. The summed E-state index contributed by atoms with van der Waals surface area (Å²) in [5.74, 6) is 4.63.